The molecule has 0 fully saturated rings. The molecule has 5 nitrogen and oxygen atoms in total. The van der Waals surface area contributed by atoms with Gasteiger partial charge in [0, 0.05) is 6.54 Å². The fourth-order valence-electron chi connectivity index (χ4n) is 3.27. The second-order valence-electron chi connectivity index (χ2n) is 5.99. The zero-order valence-corrected chi connectivity index (χ0v) is 13.9. The SMILES string of the molecule is CCOc1cc(/C=C2/CCn3c2nc(=O)c2ccccc23)ccc1O. The van der Waals surface area contributed by atoms with Gasteiger partial charge in [-0.2, -0.15) is 4.98 Å². The average Bonchev–Trinajstić information content (AvgIpc) is 3.01. The molecule has 3 aromatic rings. The number of phenols is 1. The molecule has 4 rings (SSSR count). The van der Waals surface area contributed by atoms with Crippen LogP contribution in [-0.2, 0) is 6.54 Å². The molecule has 1 aliphatic heterocycles. The fraction of sp³-hybridized carbons (Fsp3) is 0.200. The number of benzene rings is 2. The molecule has 1 aromatic heterocycles. The normalized spacial score (nSPS) is 14.8. The standard InChI is InChI=1S/C20H18N2O3/c1-2-25-18-12-13(7-8-17(18)23)11-14-9-10-22-16-6-4-3-5-15(16)20(24)21-19(14)22/h3-8,11-12,23H,2,9-10H2,1H3/b14-11-. The van der Waals surface area contributed by atoms with Gasteiger partial charge in [0.05, 0.1) is 17.5 Å². The van der Waals surface area contributed by atoms with Gasteiger partial charge in [-0.1, -0.05) is 18.2 Å². The number of fused-ring (bicyclic) bond motifs is 3. The predicted molar refractivity (Wildman–Crippen MR) is 97.8 cm³/mol. The van der Waals surface area contributed by atoms with E-state index in [1.165, 1.54) is 0 Å². The first-order valence-corrected chi connectivity index (χ1v) is 8.33. The maximum atomic E-state index is 12.3. The summed E-state index contributed by atoms with van der Waals surface area (Å²) < 4.78 is 7.53. The minimum Gasteiger partial charge on any atom is -0.504 e. The van der Waals surface area contributed by atoms with E-state index in [2.05, 4.69) is 9.55 Å². The Morgan fingerprint density at radius 3 is 2.96 bits per heavy atom. The monoisotopic (exact) mass is 334 g/mol. The molecule has 0 unspecified atom stereocenters. The lowest BCUT2D eigenvalue weighted by Gasteiger charge is -2.08. The molecule has 0 saturated carbocycles. The molecule has 5 heteroatoms. The summed E-state index contributed by atoms with van der Waals surface area (Å²) in [4.78, 5) is 16.6. The van der Waals surface area contributed by atoms with Gasteiger partial charge in [-0.05, 0) is 54.8 Å². The first-order valence-electron chi connectivity index (χ1n) is 8.33. The van der Waals surface area contributed by atoms with Gasteiger partial charge in [0.1, 0.15) is 5.82 Å². The summed E-state index contributed by atoms with van der Waals surface area (Å²) in [6, 6.07) is 12.8. The van der Waals surface area contributed by atoms with Crippen molar-refractivity contribution >= 4 is 22.6 Å². The minimum atomic E-state index is -0.199. The van der Waals surface area contributed by atoms with Gasteiger partial charge in [-0.3, -0.25) is 4.79 Å². The van der Waals surface area contributed by atoms with Crippen molar-refractivity contribution in [3.05, 3.63) is 64.2 Å². The van der Waals surface area contributed by atoms with Crippen molar-refractivity contribution in [1.29, 1.82) is 0 Å². The Balaban J connectivity index is 1.82. The molecule has 0 bridgehead atoms. The van der Waals surface area contributed by atoms with Crippen LogP contribution < -0.4 is 10.3 Å². The lowest BCUT2D eigenvalue weighted by atomic mass is 10.1. The highest BCUT2D eigenvalue weighted by Crippen LogP contribution is 2.32. The van der Waals surface area contributed by atoms with Crippen molar-refractivity contribution in [2.75, 3.05) is 6.61 Å². The molecule has 1 aliphatic rings. The Kier molecular flexibility index (Phi) is 3.76. The van der Waals surface area contributed by atoms with Crippen LogP contribution in [0.1, 0.15) is 24.7 Å². The maximum Gasteiger partial charge on any atom is 0.281 e. The van der Waals surface area contributed by atoms with E-state index in [-0.39, 0.29) is 11.3 Å². The third-order valence-corrected chi connectivity index (χ3v) is 4.40. The number of allylic oxidation sites excluding steroid dienone is 1. The molecule has 2 heterocycles. The van der Waals surface area contributed by atoms with Gasteiger partial charge >= 0.3 is 0 Å². The molecule has 0 spiro atoms. The predicted octanol–water partition coefficient (Wildman–Crippen LogP) is 3.45. The van der Waals surface area contributed by atoms with Crippen LogP contribution in [0.3, 0.4) is 0 Å². The number of aromatic hydroxyl groups is 1. The van der Waals surface area contributed by atoms with Crippen molar-refractivity contribution < 1.29 is 9.84 Å². The molecular formula is C20H18N2O3. The van der Waals surface area contributed by atoms with E-state index in [0.717, 1.165) is 35.4 Å². The zero-order chi connectivity index (χ0) is 17.4. The quantitative estimate of drug-likeness (QED) is 0.797. The lowest BCUT2D eigenvalue weighted by molar-refractivity contribution is 0.318. The molecule has 2 aromatic carbocycles. The largest absolute Gasteiger partial charge is 0.504 e. The van der Waals surface area contributed by atoms with Gasteiger partial charge in [0.25, 0.3) is 5.56 Å². The summed E-state index contributed by atoms with van der Waals surface area (Å²) >= 11 is 0. The fourth-order valence-corrected chi connectivity index (χ4v) is 3.27. The Hall–Kier alpha value is -3.08. The van der Waals surface area contributed by atoms with Crippen LogP contribution in [0.15, 0.2) is 47.3 Å². The van der Waals surface area contributed by atoms with E-state index in [0.29, 0.717) is 17.7 Å². The second kappa shape index (κ2) is 6.09. The number of para-hydroxylation sites is 1. The van der Waals surface area contributed by atoms with Crippen molar-refractivity contribution in [3.63, 3.8) is 0 Å². The number of phenolic OH excluding ortho intramolecular Hbond substituents is 1. The Bertz CT molecular complexity index is 1050. The summed E-state index contributed by atoms with van der Waals surface area (Å²) in [6.07, 6.45) is 2.81. The number of nitrogens with zero attached hydrogens (tertiary/aromatic N) is 2. The third-order valence-electron chi connectivity index (χ3n) is 4.40. The molecule has 1 N–H and O–H groups in total. The van der Waals surface area contributed by atoms with Crippen LogP contribution in [-0.4, -0.2) is 21.3 Å². The molecule has 0 radical (unpaired) electrons. The van der Waals surface area contributed by atoms with Gasteiger partial charge in [-0.15, -0.1) is 0 Å². The minimum absolute atomic E-state index is 0.121. The summed E-state index contributed by atoms with van der Waals surface area (Å²) in [5, 5.41) is 10.5. The van der Waals surface area contributed by atoms with Gasteiger partial charge in [0.2, 0.25) is 0 Å². The highest BCUT2D eigenvalue weighted by Gasteiger charge is 2.20. The van der Waals surface area contributed by atoms with E-state index in [9.17, 15) is 9.90 Å². The smallest absolute Gasteiger partial charge is 0.281 e. The van der Waals surface area contributed by atoms with Crippen LogP contribution in [0.4, 0.5) is 0 Å². The first kappa shape index (κ1) is 15.4. The number of aryl methyl sites for hydroxylation is 1. The maximum absolute atomic E-state index is 12.3. The van der Waals surface area contributed by atoms with Gasteiger partial charge in [-0.25, -0.2) is 0 Å². The summed E-state index contributed by atoms with van der Waals surface area (Å²) in [5.74, 6) is 1.30. The van der Waals surface area contributed by atoms with Crippen LogP contribution in [0, 0.1) is 0 Å². The number of ether oxygens (including phenoxy) is 1. The Labute approximate surface area is 144 Å². The first-order chi connectivity index (χ1) is 12.2. The molecule has 126 valence electrons. The van der Waals surface area contributed by atoms with Crippen molar-refractivity contribution in [3.8, 4) is 11.5 Å². The van der Waals surface area contributed by atoms with Gasteiger partial charge in [0.15, 0.2) is 11.5 Å². The third kappa shape index (κ3) is 2.67. The topological polar surface area (TPSA) is 64.4 Å². The number of hydrogen-bond acceptors (Lipinski definition) is 4. The summed E-state index contributed by atoms with van der Waals surface area (Å²) in [7, 11) is 0. The highest BCUT2D eigenvalue weighted by atomic mass is 16.5. The van der Waals surface area contributed by atoms with E-state index in [1.54, 1.807) is 12.1 Å². The molecule has 25 heavy (non-hydrogen) atoms. The van der Waals surface area contributed by atoms with Crippen molar-refractivity contribution in [2.24, 2.45) is 0 Å². The van der Waals surface area contributed by atoms with Crippen LogP contribution in [0.5, 0.6) is 11.5 Å². The van der Waals surface area contributed by atoms with E-state index in [1.807, 2.05) is 43.3 Å². The van der Waals surface area contributed by atoms with Crippen molar-refractivity contribution in [1.82, 2.24) is 9.55 Å². The van der Waals surface area contributed by atoms with Crippen molar-refractivity contribution in [2.45, 2.75) is 19.9 Å². The van der Waals surface area contributed by atoms with Crippen LogP contribution in [0.25, 0.3) is 22.6 Å². The van der Waals surface area contributed by atoms with E-state index >= 15 is 0 Å². The number of aromatic nitrogens is 2. The highest BCUT2D eigenvalue weighted by molar-refractivity contribution is 5.85. The number of rotatable bonds is 3. The van der Waals surface area contributed by atoms with Gasteiger partial charge < -0.3 is 14.4 Å². The van der Waals surface area contributed by atoms with Crippen LogP contribution in [0.2, 0.25) is 0 Å². The molecule has 0 amide bonds. The lowest BCUT2D eigenvalue weighted by Crippen LogP contribution is -2.14. The van der Waals surface area contributed by atoms with E-state index < -0.39 is 0 Å². The number of hydrogen-bond donors (Lipinski definition) is 1. The summed E-state index contributed by atoms with van der Waals surface area (Å²) in [6.45, 7) is 3.16. The molecule has 0 aliphatic carbocycles. The Morgan fingerprint density at radius 1 is 1.28 bits per heavy atom. The summed E-state index contributed by atoms with van der Waals surface area (Å²) in [5.41, 5.74) is 2.64. The average molecular weight is 334 g/mol. The molecule has 0 saturated heterocycles. The van der Waals surface area contributed by atoms with Crippen LogP contribution >= 0.6 is 0 Å². The molecular weight excluding hydrogens is 316 g/mol. The van der Waals surface area contributed by atoms with E-state index in [4.69, 9.17) is 4.74 Å². The Morgan fingerprint density at radius 2 is 2.12 bits per heavy atom. The molecule has 0 atom stereocenters. The second-order valence-corrected chi connectivity index (χ2v) is 5.99. The zero-order valence-electron chi connectivity index (χ0n) is 13.9.